The van der Waals surface area contributed by atoms with Crippen LogP contribution >= 0.6 is 0 Å². The van der Waals surface area contributed by atoms with E-state index >= 15 is 0 Å². The summed E-state index contributed by atoms with van der Waals surface area (Å²) in [7, 11) is 0. The predicted octanol–water partition coefficient (Wildman–Crippen LogP) is 10.3. The minimum atomic E-state index is -0.933. The minimum absolute atomic E-state index is 0.150. The molecule has 58 heavy (non-hydrogen) atoms. The van der Waals surface area contributed by atoms with Gasteiger partial charge in [-0.3, -0.25) is 19.4 Å². The minimum Gasteiger partial charge on any atom is -0.457 e. The molecule has 1 saturated carbocycles. The summed E-state index contributed by atoms with van der Waals surface area (Å²) in [6, 6.07) is 52.2. The molecule has 2 atom stereocenters. The first-order valence-electron chi connectivity index (χ1n) is 19.1. The molecule has 0 heterocycles. The SMILES string of the molecule is O=C(OC(=O)N(Cc1ccccc1)Cc1ccc(Oc2ccccc2)cc1)C1CCC1C(=O)OC(=O)N(Cc1ccccc1)Cc1ccc(Oc2ccccc2)cc1. The average Bonchev–Trinajstić information content (AvgIpc) is 3.23. The highest BCUT2D eigenvalue weighted by Crippen LogP contribution is 2.37. The Morgan fingerprint density at radius 1 is 0.379 bits per heavy atom. The molecule has 0 spiro atoms. The first-order chi connectivity index (χ1) is 28.4. The first-order valence-corrected chi connectivity index (χ1v) is 19.1. The van der Waals surface area contributed by atoms with E-state index in [2.05, 4.69) is 0 Å². The van der Waals surface area contributed by atoms with Crippen molar-refractivity contribution in [1.82, 2.24) is 9.80 Å². The highest BCUT2D eigenvalue weighted by Gasteiger charge is 2.45. The third kappa shape index (κ3) is 10.8. The van der Waals surface area contributed by atoms with Gasteiger partial charge in [-0.05, 0) is 83.6 Å². The van der Waals surface area contributed by atoms with Crippen LogP contribution in [0.5, 0.6) is 23.0 Å². The topological polar surface area (TPSA) is 112 Å². The number of carbonyl (C=O) groups excluding carboxylic acids is 4. The average molecular weight is 775 g/mol. The summed E-state index contributed by atoms with van der Waals surface area (Å²) in [4.78, 5) is 56.9. The van der Waals surface area contributed by atoms with Crippen LogP contribution < -0.4 is 9.47 Å². The number of esters is 2. The molecule has 2 unspecified atom stereocenters. The van der Waals surface area contributed by atoms with E-state index in [1.165, 1.54) is 9.80 Å². The normalized spacial score (nSPS) is 14.3. The van der Waals surface area contributed by atoms with Crippen LogP contribution in [0, 0.1) is 11.8 Å². The van der Waals surface area contributed by atoms with Crippen LogP contribution in [0.3, 0.4) is 0 Å². The number of rotatable bonds is 14. The van der Waals surface area contributed by atoms with Crippen molar-refractivity contribution in [3.05, 3.63) is 192 Å². The summed E-state index contributed by atoms with van der Waals surface area (Å²) >= 11 is 0. The van der Waals surface area contributed by atoms with E-state index in [0.717, 1.165) is 22.3 Å². The quantitative estimate of drug-likeness (QED) is 0.0794. The molecular formula is C48H42N2O8. The lowest BCUT2D eigenvalue weighted by molar-refractivity contribution is -0.161. The molecule has 1 aliphatic carbocycles. The molecule has 2 amide bonds. The van der Waals surface area contributed by atoms with Crippen LogP contribution in [0.15, 0.2) is 170 Å². The van der Waals surface area contributed by atoms with E-state index in [4.69, 9.17) is 18.9 Å². The molecule has 0 radical (unpaired) electrons. The van der Waals surface area contributed by atoms with Crippen molar-refractivity contribution in [2.24, 2.45) is 11.8 Å². The smallest absolute Gasteiger partial charge is 0.418 e. The van der Waals surface area contributed by atoms with Crippen molar-refractivity contribution in [2.45, 2.75) is 39.0 Å². The number of hydrogen-bond acceptors (Lipinski definition) is 8. The summed E-state index contributed by atoms with van der Waals surface area (Å²) in [5.41, 5.74) is 3.27. The molecule has 7 rings (SSSR count). The molecule has 0 saturated heterocycles. The second-order valence-electron chi connectivity index (χ2n) is 14.0. The van der Waals surface area contributed by atoms with Gasteiger partial charge in [0.25, 0.3) is 0 Å². The Bertz CT molecular complexity index is 2110. The molecule has 10 heteroatoms. The molecule has 0 aliphatic heterocycles. The number of hydrogen-bond donors (Lipinski definition) is 0. The second-order valence-corrected chi connectivity index (χ2v) is 14.0. The van der Waals surface area contributed by atoms with E-state index in [1.807, 2.05) is 170 Å². The van der Waals surface area contributed by atoms with Gasteiger partial charge in [0, 0.05) is 26.2 Å². The zero-order valence-corrected chi connectivity index (χ0v) is 31.7. The van der Waals surface area contributed by atoms with Crippen LogP contribution in [0.25, 0.3) is 0 Å². The van der Waals surface area contributed by atoms with Gasteiger partial charge < -0.3 is 18.9 Å². The Balaban J connectivity index is 0.974. The third-order valence-electron chi connectivity index (χ3n) is 9.76. The molecule has 10 nitrogen and oxygen atoms in total. The van der Waals surface area contributed by atoms with Gasteiger partial charge in [-0.1, -0.05) is 121 Å². The van der Waals surface area contributed by atoms with E-state index in [1.54, 1.807) is 0 Å². The van der Waals surface area contributed by atoms with Crippen molar-refractivity contribution in [3.8, 4) is 23.0 Å². The fourth-order valence-corrected chi connectivity index (χ4v) is 6.51. The molecule has 6 aromatic carbocycles. The fraction of sp³-hybridized carbons (Fsp3) is 0.167. The van der Waals surface area contributed by atoms with E-state index in [-0.39, 0.29) is 26.2 Å². The molecule has 1 fully saturated rings. The van der Waals surface area contributed by atoms with Gasteiger partial charge in [0.15, 0.2) is 0 Å². The molecule has 0 aromatic heterocycles. The van der Waals surface area contributed by atoms with Crippen molar-refractivity contribution in [2.75, 3.05) is 0 Å². The number of para-hydroxylation sites is 2. The molecule has 1 aliphatic rings. The third-order valence-corrected chi connectivity index (χ3v) is 9.76. The van der Waals surface area contributed by atoms with Gasteiger partial charge >= 0.3 is 24.1 Å². The van der Waals surface area contributed by atoms with E-state index < -0.39 is 36.0 Å². The largest absolute Gasteiger partial charge is 0.457 e. The van der Waals surface area contributed by atoms with Gasteiger partial charge in [-0.25, -0.2) is 9.59 Å². The van der Waals surface area contributed by atoms with Gasteiger partial charge in [0.05, 0.1) is 11.8 Å². The first kappa shape index (κ1) is 39.1. The maximum absolute atomic E-state index is 13.6. The van der Waals surface area contributed by atoms with Crippen LogP contribution in [0.1, 0.15) is 35.1 Å². The number of nitrogens with zero attached hydrogens (tertiary/aromatic N) is 2. The Kier molecular flexibility index (Phi) is 12.9. The van der Waals surface area contributed by atoms with Crippen LogP contribution in [0.2, 0.25) is 0 Å². The van der Waals surface area contributed by atoms with Crippen molar-refractivity contribution in [3.63, 3.8) is 0 Å². The Labute approximate surface area is 337 Å². The Hall–Kier alpha value is -7.20. The zero-order chi connectivity index (χ0) is 40.1. The zero-order valence-electron chi connectivity index (χ0n) is 31.7. The second kappa shape index (κ2) is 19.1. The lowest BCUT2D eigenvalue weighted by Gasteiger charge is -2.33. The van der Waals surface area contributed by atoms with Crippen molar-refractivity contribution < 1.29 is 38.1 Å². The van der Waals surface area contributed by atoms with Gasteiger partial charge in [0.1, 0.15) is 23.0 Å². The summed E-state index contributed by atoms with van der Waals surface area (Å²) in [6.45, 7) is 0.661. The van der Waals surface area contributed by atoms with Gasteiger partial charge in [-0.2, -0.15) is 0 Å². The molecular weight excluding hydrogens is 733 g/mol. The van der Waals surface area contributed by atoms with Crippen LogP contribution in [0.4, 0.5) is 9.59 Å². The number of carbonyl (C=O) groups is 4. The predicted molar refractivity (Wildman–Crippen MR) is 216 cm³/mol. The maximum atomic E-state index is 13.6. The van der Waals surface area contributed by atoms with E-state index in [9.17, 15) is 19.2 Å². The number of ether oxygens (including phenoxy) is 4. The van der Waals surface area contributed by atoms with Gasteiger partial charge in [-0.15, -0.1) is 0 Å². The molecule has 0 N–H and O–H groups in total. The summed E-state index contributed by atoms with van der Waals surface area (Å²) in [5.74, 6) is -0.874. The lowest BCUT2D eigenvalue weighted by Crippen LogP contribution is -2.44. The molecule has 6 aromatic rings. The van der Waals surface area contributed by atoms with Gasteiger partial charge in [0.2, 0.25) is 0 Å². The Morgan fingerprint density at radius 3 is 0.966 bits per heavy atom. The monoisotopic (exact) mass is 774 g/mol. The number of benzene rings is 6. The maximum Gasteiger partial charge on any atom is 0.418 e. The standard InChI is InChI=1S/C48H42N2O8/c51-45(57-47(53)49(31-35-13-5-1-6-14-35)33-37-21-25-41(26-22-37)55-39-17-9-3-10-18-39)43-29-30-44(43)46(52)58-48(54)50(32-36-15-7-2-8-16-36)34-38-23-27-42(28-24-38)56-40-19-11-4-12-20-40/h1-28,43-44H,29-34H2. The van der Waals surface area contributed by atoms with Crippen LogP contribution in [-0.4, -0.2) is 33.9 Å². The lowest BCUT2D eigenvalue weighted by atomic mass is 9.74. The summed E-state index contributed by atoms with van der Waals surface area (Å²) in [6.07, 6.45) is -1.06. The molecule has 0 bridgehead atoms. The fourth-order valence-electron chi connectivity index (χ4n) is 6.51. The Morgan fingerprint density at radius 2 is 0.655 bits per heavy atom. The van der Waals surface area contributed by atoms with Crippen LogP contribution in [-0.2, 0) is 45.2 Å². The van der Waals surface area contributed by atoms with Crippen molar-refractivity contribution in [1.29, 1.82) is 0 Å². The molecule has 292 valence electrons. The highest BCUT2D eigenvalue weighted by atomic mass is 16.6. The number of amides is 2. The summed E-state index contributed by atoms with van der Waals surface area (Å²) < 4.78 is 22.6. The summed E-state index contributed by atoms with van der Waals surface area (Å²) in [5, 5.41) is 0. The van der Waals surface area contributed by atoms with E-state index in [0.29, 0.717) is 35.8 Å². The van der Waals surface area contributed by atoms with Crippen molar-refractivity contribution >= 4 is 24.1 Å². The highest BCUT2D eigenvalue weighted by molar-refractivity contribution is 5.93.